The Morgan fingerprint density at radius 1 is 1.22 bits per heavy atom. The molecule has 2 amide bonds. The number of hydrogen-bond acceptors (Lipinski definition) is 5. The lowest BCUT2D eigenvalue weighted by atomic mass is 10.0. The van der Waals surface area contributed by atoms with Crippen LogP contribution in [-0.4, -0.2) is 68.6 Å². The van der Waals surface area contributed by atoms with E-state index in [0.29, 0.717) is 13.2 Å². The Morgan fingerprint density at radius 2 is 2.04 bits per heavy atom. The average Bonchev–Trinajstić information content (AvgIpc) is 3.19. The Balaban J connectivity index is 1.37. The van der Waals surface area contributed by atoms with Crippen molar-refractivity contribution in [3.8, 4) is 0 Å². The molecule has 144 valence electrons. The van der Waals surface area contributed by atoms with Crippen molar-refractivity contribution in [2.45, 2.75) is 44.6 Å². The quantitative estimate of drug-likeness (QED) is 0.743. The summed E-state index contributed by atoms with van der Waals surface area (Å²) in [7, 11) is 4.01. The van der Waals surface area contributed by atoms with E-state index in [1.807, 2.05) is 60.2 Å². The highest BCUT2D eigenvalue weighted by Gasteiger charge is 2.45. The van der Waals surface area contributed by atoms with Crippen molar-refractivity contribution in [1.82, 2.24) is 29.9 Å². The molecule has 2 fully saturated rings. The third-order valence-corrected chi connectivity index (χ3v) is 5.12. The van der Waals surface area contributed by atoms with Gasteiger partial charge >= 0.3 is 6.03 Å². The summed E-state index contributed by atoms with van der Waals surface area (Å²) in [4.78, 5) is 22.7. The van der Waals surface area contributed by atoms with Crippen LogP contribution in [0.1, 0.15) is 24.1 Å². The molecule has 0 radical (unpaired) electrons. The van der Waals surface area contributed by atoms with Crippen LogP contribution in [0.2, 0.25) is 0 Å². The largest absolute Gasteiger partial charge is 0.344 e. The highest BCUT2D eigenvalue weighted by Crippen LogP contribution is 2.31. The zero-order valence-electron chi connectivity index (χ0n) is 15.9. The van der Waals surface area contributed by atoms with Crippen molar-refractivity contribution in [2.75, 3.05) is 20.6 Å². The molecule has 3 heterocycles. The molecule has 27 heavy (non-hydrogen) atoms. The van der Waals surface area contributed by atoms with Gasteiger partial charge in [0.25, 0.3) is 0 Å². The van der Waals surface area contributed by atoms with Gasteiger partial charge in [0, 0.05) is 19.3 Å². The van der Waals surface area contributed by atoms with Crippen LogP contribution in [0.4, 0.5) is 4.79 Å². The number of nitrogens with zero attached hydrogens (tertiary/aromatic N) is 6. The molecule has 2 atom stereocenters. The molecule has 2 bridgehead atoms. The van der Waals surface area contributed by atoms with Crippen LogP contribution in [0.15, 0.2) is 36.5 Å². The number of piperidine rings is 1. The maximum atomic E-state index is 12.8. The third kappa shape index (κ3) is 3.96. The minimum absolute atomic E-state index is 0.0351. The molecule has 2 aliphatic heterocycles. The third-order valence-electron chi connectivity index (χ3n) is 5.12. The number of hydroxylamine groups is 2. The Bertz CT molecular complexity index is 778. The maximum Gasteiger partial charge on any atom is 0.344 e. The SMILES string of the molecule is CN(C)Cc1cn(C[C@@H]2CC[C@@H]3CN2C(=O)N3OCc2ccccc2)nn1. The van der Waals surface area contributed by atoms with Crippen LogP contribution in [0.25, 0.3) is 0 Å². The van der Waals surface area contributed by atoms with Crippen LogP contribution < -0.4 is 0 Å². The van der Waals surface area contributed by atoms with Gasteiger partial charge in [-0.05, 0) is 32.5 Å². The highest BCUT2D eigenvalue weighted by molar-refractivity contribution is 5.76. The van der Waals surface area contributed by atoms with Gasteiger partial charge in [-0.25, -0.2) is 4.79 Å². The van der Waals surface area contributed by atoms with E-state index in [1.165, 1.54) is 0 Å². The minimum atomic E-state index is -0.0351. The fraction of sp³-hybridized carbons (Fsp3) is 0.526. The lowest BCUT2D eigenvalue weighted by Crippen LogP contribution is -2.42. The molecule has 8 heteroatoms. The molecule has 8 nitrogen and oxygen atoms in total. The number of amides is 2. The van der Waals surface area contributed by atoms with E-state index in [2.05, 4.69) is 15.2 Å². The second kappa shape index (κ2) is 7.66. The standard InChI is InChI=1S/C19H26N6O2/c1-22(2)10-16-11-23(21-20-16)12-17-8-9-18-13-24(17)19(26)25(18)27-14-15-6-4-3-5-7-15/h3-7,11,17-18H,8-10,12-14H2,1-2H3/t17-,18+/m0/s1. The molecular weight excluding hydrogens is 344 g/mol. The molecular formula is C19H26N6O2. The number of fused-ring (bicyclic) bond motifs is 2. The first-order chi connectivity index (χ1) is 13.1. The van der Waals surface area contributed by atoms with Crippen molar-refractivity contribution in [1.29, 1.82) is 0 Å². The van der Waals surface area contributed by atoms with Crippen molar-refractivity contribution in [3.63, 3.8) is 0 Å². The topological polar surface area (TPSA) is 66.7 Å². The van der Waals surface area contributed by atoms with Gasteiger partial charge < -0.3 is 9.80 Å². The summed E-state index contributed by atoms with van der Waals surface area (Å²) in [5.74, 6) is 0. The summed E-state index contributed by atoms with van der Waals surface area (Å²) in [6.45, 7) is 2.57. The van der Waals surface area contributed by atoms with E-state index in [0.717, 1.165) is 37.2 Å². The lowest BCUT2D eigenvalue weighted by Gasteiger charge is -2.30. The molecule has 2 aliphatic rings. The smallest absolute Gasteiger partial charge is 0.316 e. The zero-order valence-corrected chi connectivity index (χ0v) is 15.9. The van der Waals surface area contributed by atoms with Gasteiger partial charge in [0.1, 0.15) is 6.61 Å². The number of hydrogen-bond donors (Lipinski definition) is 0. The summed E-state index contributed by atoms with van der Waals surface area (Å²) in [6.07, 6.45) is 3.86. The zero-order chi connectivity index (χ0) is 18.8. The first-order valence-electron chi connectivity index (χ1n) is 9.40. The summed E-state index contributed by atoms with van der Waals surface area (Å²) in [6, 6.07) is 10.2. The predicted molar refractivity (Wildman–Crippen MR) is 99.4 cm³/mol. The Kier molecular flexibility index (Phi) is 5.09. The monoisotopic (exact) mass is 370 g/mol. The van der Waals surface area contributed by atoms with Crippen molar-refractivity contribution in [3.05, 3.63) is 47.8 Å². The molecule has 0 saturated carbocycles. The molecule has 4 rings (SSSR count). The molecule has 2 aromatic rings. The second-order valence-electron chi connectivity index (χ2n) is 7.57. The summed E-state index contributed by atoms with van der Waals surface area (Å²) in [5, 5.41) is 10.0. The van der Waals surface area contributed by atoms with Gasteiger partial charge in [0.05, 0.1) is 24.3 Å². The fourth-order valence-electron chi connectivity index (χ4n) is 3.83. The number of urea groups is 1. The minimum Gasteiger partial charge on any atom is -0.316 e. The van der Waals surface area contributed by atoms with E-state index >= 15 is 0 Å². The van der Waals surface area contributed by atoms with Gasteiger partial charge in [-0.1, -0.05) is 35.5 Å². The van der Waals surface area contributed by atoms with E-state index in [9.17, 15) is 4.79 Å². The molecule has 0 N–H and O–H groups in total. The summed E-state index contributed by atoms with van der Waals surface area (Å²) < 4.78 is 1.85. The average molecular weight is 370 g/mol. The number of benzene rings is 1. The normalized spacial score (nSPS) is 22.1. The van der Waals surface area contributed by atoms with Crippen molar-refractivity contribution in [2.24, 2.45) is 0 Å². The van der Waals surface area contributed by atoms with Gasteiger partial charge in [-0.2, -0.15) is 5.06 Å². The summed E-state index contributed by atoms with van der Waals surface area (Å²) in [5.41, 5.74) is 2.00. The lowest BCUT2D eigenvalue weighted by molar-refractivity contribution is -0.140. The Labute approximate surface area is 159 Å². The van der Waals surface area contributed by atoms with Crippen LogP contribution in [0.5, 0.6) is 0 Å². The number of carbonyl (C=O) groups excluding carboxylic acids is 1. The van der Waals surface area contributed by atoms with E-state index in [-0.39, 0.29) is 18.1 Å². The molecule has 1 aromatic heterocycles. The van der Waals surface area contributed by atoms with Crippen molar-refractivity contribution < 1.29 is 9.63 Å². The fourth-order valence-corrected chi connectivity index (χ4v) is 3.83. The van der Waals surface area contributed by atoms with E-state index < -0.39 is 0 Å². The number of carbonyl (C=O) groups is 1. The van der Waals surface area contributed by atoms with Crippen LogP contribution in [-0.2, 0) is 24.5 Å². The van der Waals surface area contributed by atoms with Crippen molar-refractivity contribution >= 4 is 6.03 Å². The molecule has 0 unspecified atom stereocenters. The maximum absolute atomic E-state index is 12.8. The highest BCUT2D eigenvalue weighted by atomic mass is 16.7. The van der Waals surface area contributed by atoms with E-state index in [1.54, 1.807) is 5.06 Å². The second-order valence-corrected chi connectivity index (χ2v) is 7.57. The molecule has 0 aliphatic carbocycles. The van der Waals surface area contributed by atoms with E-state index in [4.69, 9.17) is 4.84 Å². The first kappa shape index (κ1) is 17.9. The van der Waals surface area contributed by atoms with Crippen LogP contribution >= 0.6 is 0 Å². The van der Waals surface area contributed by atoms with Gasteiger partial charge in [-0.15, -0.1) is 5.10 Å². The summed E-state index contributed by atoms with van der Waals surface area (Å²) >= 11 is 0. The number of aromatic nitrogens is 3. The Morgan fingerprint density at radius 3 is 2.81 bits per heavy atom. The van der Waals surface area contributed by atoms with Crippen LogP contribution in [0.3, 0.4) is 0 Å². The Hall–Kier alpha value is -2.45. The number of rotatable bonds is 7. The van der Waals surface area contributed by atoms with Crippen LogP contribution in [0, 0.1) is 0 Å². The van der Waals surface area contributed by atoms with Gasteiger partial charge in [-0.3, -0.25) is 9.52 Å². The first-order valence-corrected chi connectivity index (χ1v) is 9.40. The molecule has 2 saturated heterocycles. The predicted octanol–water partition coefficient (Wildman–Crippen LogP) is 1.74. The molecule has 1 aromatic carbocycles. The molecule has 0 spiro atoms. The van der Waals surface area contributed by atoms with Gasteiger partial charge in [0.2, 0.25) is 0 Å². The van der Waals surface area contributed by atoms with Gasteiger partial charge in [0.15, 0.2) is 0 Å².